The summed E-state index contributed by atoms with van der Waals surface area (Å²) in [4.78, 5) is 48.8. The van der Waals surface area contributed by atoms with Crippen LogP contribution in [0.25, 0.3) is 21.5 Å². The van der Waals surface area contributed by atoms with Gasteiger partial charge in [0.05, 0.1) is 36.3 Å². The normalized spacial score (nSPS) is 10.9. The van der Waals surface area contributed by atoms with E-state index >= 15 is 0 Å². The van der Waals surface area contributed by atoms with Crippen molar-refractivity contribution in [2.45, 2.75) is 13.1 Å². The average molecular weight is 432 g/mol. The molecule has 162 valence electrons. The lowest BCUT2D eigenvalue weighted by Crippen LogP contribution is -2.43. The van der Waals surface area contributed by atoms with Crippen LogP contribution in [-0.4, -0.2) is 44.5 Å². The fraction of sp³-hybridized carbons (Fsp3) is 0.182. The number of amides is 2. The van der Waals surface area contributed by atoms with Gasteiger partial charge in [0, 0.05) is 23.9 Å². The van der Waals surface area contributed by atoms with Crippen LogP contribution in [0.15, 0.2) is 70.5 Å². The standard InChI is InChI=1S/C22H20N6O4/c29-19(23-9-11-27-21(31)17-7-3-1-5-15(17)13-25-27)20(30)24-10-12-28-22(32)18-8-4-2-6-16(18)14-26-28/h1-8,13-14H,9-12H2,(H,23,29)(H,24,30). The van der Waals surface area contributed by atoms with E-state index in [0.29, 0.717) is 10.8 Å². The molecule has 0 aliphatic rings. The molecule has 0 radical (unpaired) electrons. The number of nitrogens with zero attached hydrogens (tertiary/aromatic N) is 4. The molecule has 0 fully saturated rings. The van der Waals surface area contributed by atoms with E-state index in [4.69, 9.17) is 0 Å². The highest BCUT2D eigenvalue weighted by molar-refractivity contribution is 6.35. The summed E-state index contributed by atoms with van der Waals surface area (Å²) < 4.78 is 2.47. The van der Waals surface area contributed by atoms with Crippen LogP contribution in [-0.2, 0) is 22.7 Å². The van der Waals surface area contributed by atoms with E-state index in [9.17, 15) is 19.2 Å². The van der Waals surface area contributed by atoms with Gasteiger partial charge in [-0.1, -0.05) is 36.4 Å². The number of fused-ring (bicyclic) bond motifs is 2. The Morgan fingerprint density at radius 3 is 1.53 bits per heavy atom. The summed E-state index contributed by atoms with van der Waals surface area (Å²) in [5.74, 6) is -1.67. The van der Waals surface area contributed by atoms with Crippen LogP contribution in [0, 0.1) is 0 Å². The Hall–Kier alpha value is -4.34. The summed E-state index contributed by atoms with van der Waals surface area (Å²) >= 11 is 0. The second-order valence-electron chi connectivity index (χ2n) is 7.03. The molecule has 2 N–H and O–H groups in total. The summed E-state index contributed by atoms with van der Waals surface area (Å²) in [5.41, 5.74) is -0.537. The molecule has 0 saturated carbocycles. The Kier molecular flexibility index (Phi) is 6.02. The van der Waals surface area contributed by atoms with Gasteiger partial charge in [-0.2, -0.15) is 10.2 Å². The summed E-state index contributed by atoms with van der Waals surface area (Å²) in [6.07, 6.45) is 3.15. The Morgan fingerprint density at radius 2 is 1.09 bits per heavy atom. The fourth-order valence-corrected chi connectivity index (χ4v) is 3.29. The zero-order chi connectivity index (χ0) is 22.5. The molecule has 4 aromatic rings. The lowest BCUT2D eigenvalue weighted by Gasteiger charge is -2.09. The molecule has 4 rings (SSSR count). The van der Waals surface area contributed by atoms with Crippen LogP contribution in [0.5, 0.6) is 0 Å². The van der Waals surface area contributed by atoms with Crippen molar-refractivity contribution in [1.82, 2.24) is 30.2 Å². The highest BCUT2D eigenvalue weighted by Gasteiger charge is 2.13. The molecule has 0 unspecified atom stereocenters. The van der Waals surface area contributed by atoms with E-state index < -0.39 is 11.8 Å². The maximum absolute atomic E-state index is 12.4. The SMILES string of the molecule is O=C(NCCn1ncc2ccccc2c1=O)C(=O)NCCn1ncc2ccccc2c1=O. The third kappa shape index (κ3) is 4.38. The van der Waals surface area contributed by atoms with E-state index in [-0.39, 0.29) is 37.3 Å². The first-order chi connectivity index (χ1) is 15.5. The Morgan fingerprint density at radius 1 is 0.688 bits per heavy atom. The van der Waals surface area contributed by atoms with E-state index in [1.54, 1.807) is 48.8 Å². The third-order valence-corrected chi connectivity index (χ3v) is 4.95. The van der Waals surface area contributed by atoms with E-state index in [1.807, 2.05) is 12.1 Å². The number of hydrogen-bond acceptors (Lipinski definition) is 6. The van der Waals surface area contributed by atoms with E-state index in [1.165, 1.54) is 9.36 Å². The van der Waals surface area contributed by atoms with Gasteiger partial charge in [-0.25, -0.2) is 9.36 Å². The number of carbonyl (C=O) groups excluding carboxylic acids is 2. The first-order valence-corrected chi connectivity index (χ1v) is 10.0. The summed E-state index contributed by atoms with van der Waals surface area (Å²) in [7, 11) is 0. The van der Waals surface area contributed by atoms with Gasteiger partial charge in [-0.15, -0.1) is 0 Å². The van der Waals surface area contributed by atoms with Crippen LogP contribution in [0.2, 0.25) is 0 Å². The van der Waals surface area contributed by atoms with Crippen molar-refractivity contribution in [1.29, 1.82) is 0 Å². The fourth-order valence-electron chi connectivity index (χ4n) is 3.29. The maximum Gasteiger partial charge on any atom is 0.309 e. The Balaban J connectivity index is 1.27. The lowest BCUT2D eigenvalue weighted by atomic mass is 10.2. The predicted octanol–water partition coefficient (Wildman–Crippen LogP) is 0.0390. The first kappa shape index (κ1) is 20.9. The van der Waals surface area contributed by atoms with Crippen LogP contribution in [0.3, 0.4) is 0 Å². The number of benzene rings is 2. The highest BCUT2D eigenvalue weighted by Crippen LogP contribution is 2.07. The molecule has 0 atom stereocenters. The molecule has 0 aliphatic heterocycles. The van der Waals surface area contributed by atoms with Crippen molar-refractivity contribution >= 4 is 33.4 Å². The summed E-state index contributed by atoms with van der Waals surface area (Å²) in [5, 5.41) is 15.6. The lowest BCUT2D eigenvalue weighted by molar-refractivity contribution is -0.139. The van der Waals surface area contributed by atoms with Crippen molar-refractivity contribution < 1.29 is 9.59 Å². The second kappa shape index (κ2) is 9.21. The summed E-state index contributed by atoms with van der Waals surface area (Å²) in [6.45, 7) is 0.366. The topological polar surface area (TPSA) is 128 Å². The molecule has 2 heterocycles. The maximum atomic E-state index is 12.4. The minimum Gasteiger partial charge on any atom is -0.346 e. The van der Waals surface area contributed by atoms with Gasteiger partial charge >= 0.3 is 11.8 Å². The molecule has 2 aromatic heterocycles. The van der Waals surface area contributed by atoms with Crippen LogP contribution in [0.1, 0.15) is 0 Å². The molecule has 0 bridgehead atoms. The van der Waals surface area contributed by atoms with E-state index in [2.05, 4.69) is 20.8 Å². The molecule has 2 aromatic carbocycles. The second-order valence-corrected chi connectivity index (χ2v) is 7.03. The van der Waals surface area contributed by atoms with Crippen molar-refractivity contribution in [2.24, 2.45) is 0 Å². The van der Waals surface area contributed by atoms with Crippen molar-refractivity contribution in [3.63, 3.8) is 0 Å². The van der Waals surface area contributed by atoms with Gasteiger partial charge in [-0.05, 0) is 12.1 Å². The zero-order valence-corrected chi connectivity index (χ0v) is 17.0. The quantitative estimate of drug-likeness (QED) is 0.414. The van der Waals surface area contributed by atoms with Gasteiger partial charge in [0.25, 0.3) is 11.1 Å². The zero-order valence-electron chi connectivity index (χ0n) is 17.0. The molecule has 32 heavy (non-hydrogen) atoms. The van der Waals surface area contributed by atoms with Crippen LogP contribution < -0.4 is 21.8 Å². The van der Waals surface area contributed by atoms with Gasteiger partial charge < -0.3 is 10.6 Å². The van der Waals surface area contributed by atoms with Gasteiger partial charge in [0.2, 0.25) is 0 Å². The first-order valence-electron chi connectivity index (χ1n) is 10.0. The molecule has 10 nitrogen and oxygen atoms in total. The molecule has 0 aliphatic carbocycles. The number of carbonyl (C=O) groups is 2. The molecule has 0 spiro atoms. The predicted molar refractivity (Wildman–Crippen MR) is 118 cm³/mol. The smallest absolute Gasteiger partial charge is 0.309 e. The molecule has 2 amide bonds. The average Bonchev–Trinajstić information content (AvgIpc) is 2.82. The number of hydrogen-bond donors (Lipinski definition) is 2. The van der Waals surface area contributed by atoms with Crippen LogP contribution in [0.4, 0.5) is 0 Å². The van der Waals surface area contributed by atoms with Crippen molar-refractivity contribution in [2.75, 3.05) is 13.1 Å². The van der Waals surface area contributed by atoms with Gasteiger partial charge in [-0.3, -0.25) is 19.2 Å². The van der Waals surface area contributed by atoms with Gasteiger partial charge in [0.1, 0.15) is 0 Å². The van der Waals surface area contributed by atoms with Crippen LogP contribution >= 0.6 is 0 Å². The summed E-state index contributed by atoms with van der Waals surface area (Å²) in [6, 6.07) is 14.2. The minimum absolute atomic E-state index is 0.0587. The van der Waals surface area contributed by atoms with Crippen molar-refractivity contribution in [3.05, 3.63) is 81.6 Å². The molecular weight excluding hydrogens is 412 g/mol. The Labute approximate surface area is 181 Å². The van der Waals surface area contributed by atoms with E-state index in [0.717, 1.165) is 10.8 Å². The molecule has 0 saturated heterocycles. The minimum atomic E-state index is -0.836. The highest BCUT2D eigenvalue weighted by atomic mass is 16.2. The van der Waals surface area contributed by atoms with Gasteiger partial charge in [0.15, 0.2) is 0 Å². The number of nitrogens with one attached hydrogen (secondary N) is 2. The molecule has 10 heteroatoms. The Bertz CT molecular complexity index is 1320. The molecular formula is C22H20N6O4. The van der Waals surface area contributed by atoms with Crippen molar-refractivity contribution in [3.8, 4) is 0 Å². The third-order valence-electron chi connectivity index (χ3n) is 4.95. The number of aromatic nitrogens is 4. The number of rotatable bonds is 6. The monoisotopic (exact) mass is 432 g/mol. The largest absolute Gasteiger partial charge is 0.346 e.